The summed E-state index contributed by atoms with van der Waals surface area (Å²) in [5.74, 6) is -0.238. The van der Waals surface area contributed by atoms with Gasteiger partial charge in [0.15, 0.2) is 24.8 Å². The zero-order valence-electron chi connectivity index (χ0n) is 11.6. The van der Waals surface area contributed by atoms with Crippen LogP contribution in [0.25, 0.3) is 0 Å². The van der Waals surface area contributed by atoms with Crippen molar-refractivity contribution in [3.8, 4) is 0 Å². The molecule has 0 unspecified atom stereocenters. The van der Waals surface area contributed by atoms with Gasteiger partial charge in [0.05, 0.1) is 0 Å². The number of aromatic nitrogens is 2. The van der Waals surface area contributed by atoms with Gasteiger partial charge >= 0.3 is 0 Å². The highest BCUT2D eigenvalue weighted by molar-refractivity contribution is 5.84. The Hall–Kier alpha value is -2.76. The maximum absolute atomic E-state index is 11.7. The van der Waals surface area contributed by atoms with Crippen LogP contribution in [-0.4, -0.2) is 11.8 Å². The molecule has 2 aromatic rings. The molecular formula is C15H18N4O2+2. The van der Waals surface area contributed by atoms with Crippen LogP contribution < -0.4 is 20.2 Å². The van der Waals surface area contributed by atoms with E-state index >= 15 is 0 Å². The third-order valence-electron chi connectivity index (χ3n) is 2.75. The quantitative estimate of drug-likeness (QED) is 0.749. The first-order valence-electron chi connectivity index (χ1n) is 6.76. The fourth-order valence-electron chi connectivity index (χ4n) is 1.76. The summed E-state index contributed by atoms with van der Waals surface area (Å²) >= 11 is 0. The minimum atomic E-state index is -0.119. The first-order chi connectivity index (χ1) is 10.2. The Labute approximate surface area is 123 Å². The lowest BCUT2D eigenvalue weighted by atomic mass is 10.2. The predicted molar refractivity (Wildman–Crippen MR) is 75.9 cm³/mol. The molecule has 0 radical (unpaired) electrons. The fourth-order valence-corrected chi connectivity index (χ4v) is 1.76. The van der Waals surface area contributed by atoms with Gasteiger partial charge in [-0.15, -0.1) is 10.9 Å². The molecule has 0 aliphatic carbocycles. The summed E-state index contributed by atoms with van der Waals surface area (Å²) in [5.41, 5.74) is 5.41. The summed E-state index contributed by atoms with van der Waals surface area (Å²) < 4.78 is 3.17. The molecule has 0 spiro atoms. The number of hydrogen-bond donors (Lipinski definition) is 2. The van der Waals surface area contributed by atoms with Crippen LogP contribution in [0.2, 0.25) is 0 Å². The van der Waals surface area contributed by atoms with Gasteiger partial charge in [-0.05, 0) is 6.42 Å². The van der Waals surface area contributed by atoms with E-state index in [0.29, 0.717) is 19.3 Å². The Kier molecular flexibility index (Phi) is 5.40. The van der Waals surface area contributed by atoms with E-state index in [1.165, 1.54) is 0 Å². The highest BCUT2D eigenvalue weighted by Gasteiger charge is 2.10. The van der Waals surface area contributed by atoms with Gasteiger partial charge in [0.1, 0.15) is 0 Å². The smallest absolute Gasteiger partial charge is 0.269 e. The van der Waals surface area contributed by atoms with Crippen LogP contribution in [0.1, 0.15) is 19.3 Å². The summed E-state index contributed by atoms with van der Waals surface area (Å²) in [4.78, 5) is 23.4. The molecular weight excluding hydrogens is 268 g/mol. The van der Waals surface area contributed by atoms with Crippen molar-refractivity contribution in [3.05, 3.63) is 61.2 Å². The summed E-state index contributed by atoms with van der Waals surface area (Å²) in [7, 11) is 0. The molecule has 2 N–H and O–H groups in total. The lowest BCUT2D eigenvalue weighted by molar-refractivity contribution is -0.642. The molecule has 0 aliphatic heterocycles. The van der Waals surface area contributed by atoms with E-state index in [0.717, 1.165) is 0 Å². The van der Waals surface area contributed by atoms with Crippen LogP contribution >= 0.6 is 0 Å². The number of carbonyl (C=O) groups excluding carboxylic acids is 2. The first kappa shape index (κ1) is 14.6. The summed E-state index contributed by atoms with van der Waals surface area (Å²) in [5, 5.41) is 0. The molecule has 6 nitrogen and oxygen atoms in total. The minimum absolute atomic E-state index is 0.119. The standard InChI is InChI=1S/C15H16N4O2/c20-14(16-18-10-3-1-4-11-18)8-7-9-15(21)17-19-12-5-2-6-13-19/h1-6,10-13H,7-9H2/p+2. The zero-order chi connectivity index (χ0) is 14.9. The second kappa shape index (κ2) is 7.74. The van der Waals surface area contributed by atoms with Gasteiger partial charge < -0.3 is 0 Å². The Morgan fingerprint density at radius 1 is 0.667 bits per heavy atom. The third-order valence-corrected chi connectivity index (χ3v) is 2.75. The van der Waals surface area contributed by atoms with Crippen LogP contribution in [0.3, 0.4) is 0 Å². The molecule has 0 fully saturated rings. The first-order valence-corrected chi connectivity index (χ1v) is 6.76. The largest absolute Gasteiger partial charge is 0.274 e. The number of nitrogens with one attached hydrogen (secondary N) is 2. The molecule has 108 valence electrons. The Morgan fingerprint density at radius 3 is 1.43 bits per heavy atom. The average Bonchev–Trinajstić information content (AvgIpc) is 2.49. The topological polar surface area (TPSA) is 66.0 Å². The van der Waals surface area contributed by atoms with E-state index in [9.17, 15) is 9.59 Å². The molecule has 2 rings (SSSR count). The molecule has 0 atom stereocenters. The average molecular weight is 286 g/mol. The van der Waals surface area contributed by atoms with Crippen molar-refractivity contribution in [1.29, 1.82) is 0 Å². The van der Waals surface area contributed by atoms with E-state index in [-0.39, 0.29) is 11.8 Å². The predicted octanol–water partition coefficient (Wildman–Crippen LogP) is 0.272. The van der Waals surface area contributed by atoms with Gasteiger partial charge in [0, 0.05) is 37.1 Å². The van der Waals surface area contributed by atoms with Gasteiger partial charge in [0.25, 0.3) is 11.8 Å². The van der Waals surface area contributed by atoms with Crippen molar-refractivity contribution >= 4 is 11.8 Å². The maximum atomic E-state index is 11.7. The summed E-state index contributed by atoms with van der Waals surface area (Å²) in [6.45, 7) is 0. The Bertz CT molecular complexity index is 534. The van der Waals surface area contributed by atoms with Crippen LogP contribution in [0.5, 0.6) is 0 Å². The van der Waals surface area contributed by atoms with Crippen LogP contribution in [0.15, 0.2) is 61.2 Å². The number of carbonyl (C=O) groups is 2. The molecule has 0 aromatic carbocycles. The SMILES string of the molecule is O=C(CCCC(=O)N[n+]1ccccc1)N[n+]1ccccc1. The van der Waals surface area contributed by atoms with Crippen LogP contribution in [-0.2, 0) is 9.59 Å². The highest BCUT2D eigenvalue weighted by atomic mass is 16.2. The van der Waals surface area contributed by atoms with Crippen molar-refractivity contribution in [2.45, 2.75) is 19.3 Å². The molecule has 0 saturated carbocycles. The summed E-state index contributed by atoms with van der Waals surface area (Å²) in [6.07, 6.45) is 8.09. The number of rotatable bonds is 6. The van der Waals surface area contributed by atoms with Crippen LogP contribution in [0.4, 0.5) is 0 Å². The van der Waals surface area contributed by atoms with Gasteiger partial charge in [-0.25, -0.2) is 0 Å². The van der Waals surface area contributed by atoms with Crippen LogP contribution in [0, 0.1) is 0 Å². The molecule has 21 heavy (non-hydrogen) atoms. The van der Waals surface area contributed by atoms with Gasteiger partial charge in [-0.2, -0.15) is 0 Å². The molecule has 2 heterocycles. The Morgan fingerprint density at radius 2 is 1.05 bits per heavy atom. The molecule has 2 amide bonds. The van der Waals surface area contributed by atoms with Crippen molar-refractivity contribution in [2.24, 2.45) is 0 Å². The monoisotopic (exact) mass is 286 g/mol. The van der Waals surface area contributed by atoms with Gasteiger partial charge in [-0.1, -0.05) is 21.5 Å². The summed E-state index contributed by atoms with van der Waals surface area (Å²) in [6, 6.07) is 11.0. The van der Waals surface area contributed by atoms with E-state index in [4.69, 9.17) is 0 Å². The molecule has 6 heteroatoms. The van der Waals surface area contributed by atoms with Gasteiger partial charge in [0.2, 0.25) is 0 Å². The lowest BCUT2D eigenvalue weighted by Crippen LogP contribution is -2.48. The van der Waals surface area contributed by atoms with Gasteiger partial charge in [-0.3, -0.25) is 9.59 Å². The van der Waals surface area contributed by atoms with Crippen molar-refractivity contribution in [3.63, 3.8) is 0 Å². The van der Waals surface area contributed by atoms with Crippen molar-refractivity contribution in [1.82, 2.24) is 0 Å². The second-order valence-corrected chi connectivity index (χ2v) is 4.49. The number of amides is 2. The van der Waals surface area contributed by atoms with E-state index < -0.39 is 0 Å². The van der Waals surface area contributed by atoms with Crippen molar-refractivity contribution < 1.29 is 18.9 Å². The van der Waals surface area contributed by atoms with E-state index in [1.54, 1.807) is 34.1 Å². The number of hydrogen-bond acceptors (Lipinski definition) is 2. The molecule has 0 aliphatic rings. The molecule has 0 saturated heterocycles. The molecule has 0 bridgehead atoms. The van der Waals surface area contributed by atoms with E-state index in [2.05, 4.69) is 10.9 Å². The Balaban J connectivity index is 1.67. The fraction of sp³-hybridized carbons (Fsp3) is 0.200. The third kappa shape index (κ3) is 5.40. The number of nitrogens with zero attached hydrogens (tertiary/aromatic N) is 2. The minimum Gasteiger partial charge on any atom is -0.269 e. The zero-order valence-corrected chi connectivity index (χ0v) is 11.6. The number of pyridine rings is 2. The highest BCUT2D eigenvalue weighted by Crippen LogP contribution is 1.95. The normalized spacial score (nSPS) is 9.90. The van der Waals surface area contributed by atoms with Crippen molar-refractivity contribution in [2.75, 3.05) is 10.9 Å². The van der Waals surface area contributed by atoms with E-state index in [1.807, 2.05) is 36.4 Å². The second-order valence-electron chi connectivity index (χ2n) is 4.49. The molecule has 2 aromatic heterocycles. The maximum Gasteiger partial charge on any atom is 0.274 e. The lowest BCUT2D eigenvalue weighted by Gasteiger charge is -2.00.